The molecule has 1 aromatic carbocycles. The Morgan fingerprint density at radius 1 is 1.26 bits per heavy atom. The van der Waals surface area contributed by atoms with Crippen molar-refractivity contribution in [2.75, 3.05) is 0 Å². The molecule has 0 saturated carbocycles. The van der Waals surface area contributed by atoms with E-state index in [1.165, 1.54) is 17.8 Å². The molecule has 0 saturated heterocycles. The van der Waals surface area contributed by atoms with Gasteiger partial charge in [-0.1, -0.05) is 20.8 Å². The first-order chi connectivity index (χ1) is 8.62. The van der Waals surface area contributed by atoms with Gasteiger partial charge in [-0.05, 0) is 24.1 Å². The van der Waals surface area contributed by atoms with Gasteiger partial charge in [-0.15, -0.1) is 11.8 Å². The van der Waals surface area contributed by atoms with E-state index in [-0.39, 0.29) is 5.25 Å². The number of halogens is 3. The summed E-state index contributed by atoms with van der Waals surface area (Å²) in [6.45, 7) is 5.95. The van der Waals surface area contributed by atoms with Crippen LogP contribution in [0.15, 0.2) is 23.1 Å². The molecule has 1 rings (SSSR count). The molecule has 1 unspecified atom stereocenters. The zero-order valence-corrected chi connectivity index (χ0v) is 11.6. The highest BCUT2D eigenvalue weighted by atomic mass is 32.2. The Hall–Kier alpha value is -1.17. The van der Waals surface area contributed by atoms with Crippen LogP contribution in [0.3, 0.4) is 0 Å². The third-order valence-corrected chi connectivity index (χ3v) is 4.23. The average molecular weight is 292 g/mol. The second kappa shape index (κ2) is 5.86. The minimum Gasteiger partial charge on any atom is -0.478 e. The standard InChI is InChI=1S/C13H15F3O2S/c1-7(2)8(3)19-9-4-5-11(13(14,15)16)10(6-9)12(17)18/h4-8H,1-3H3,(H,17,18). The summed E-state index contributed by atoms with van der Waals surface area (Å²) in [6.07, 6.45) is -4.65. The Morgan fingerprint density at radius 2 is 1.84 bits per heavy atom. The lowest BCUT2D eigenvalue weighted by atomic mass is 10.1. The van der Waals surface area contributed by atoms with Crippen molar-refractivity contribution in [2.24, 2.45) is 5.92 Å². The number of hydrogen-bond acceptors (Lipinski definition) is 2. The zero-order chi connectivity index (χ0) is 14.8. The lowest BCUT2D eigenvalue weighted by Crippen LogP contribution is -2.13. The van der Waals surface area contributed by atoms with Crippen LogP contribution in [-0.4, -0.2) is 16.3 Å². The summed E-state index contributed by atoms with van der Waals surface area (Å²) in [6, 6.07) is 3.24. The molecule has 0 aromatic heterocycles. The summed E-state index contributed by atoms with van der Waals surface area (Å²) in [5.41, 5.74) is -1.81. The minimum atomic E-state index is -4.65. The van der Waals surface area contributed by atoms with Gasteiger partial charge in [0.05, 0.1) is 11.1 Å². The van der Waals surface area contributed by atoms with E-state index in [0.29, 0.717) is 10.8 Å². The fourth-order valence-corrected chi connectivity index (χ4v) is 2.41. The fraction of sp³-hybridized carbons (Fsp3) is 0.462. The van der Waals surface area contributed by atoms with Crippen molar-refractivity contribution in [3.63, 3.8) is 0 Å². The molecule has 0 bridgehead atoms. The molecule has 0 radical (unpaired) electrons. The van der Waals surface area contributed by atoms with E-state index in [2.05, 4.69) is 0 Å². The van der Waals surface area contributed by atoms with Crippen LogP contribution >= 0.6 is 11.8 Å². The predicted molar refractivity (Wildman–Crippen MR) is 68.6 cm³/mol. The lowest BCUT2D eigenvalue weighted by Gasteiger charge is -2.16. The molecule has 0 spiro atoms. The van der Waals surface area contributed by atoms with Crippen LogP contribution in [0.4, 0.5) is 13.2 Å². The number of benzene rings is 1. The van der Waals surface area contributed by atoms with Crippen molar-refractivity contribution in [1.82, 2.24) is 0 Å². The number of thioether (sulfide) groups is 1. The third kappa shape index (κ3) is 4.16. The number of carbonyl (C=O) groups is 1. The van der Waals surface area contributed by atoms with E-state index in [1.807, 2.05) is 20.8 Å². The summed E-state index contributed by atoms with van der Waals surface area (Å²) >= 11 is 1.37. The van der Waals surface area contributed by atoms with E-state index < -0.39 is 23.3 Å². The van der Waals surface area contributed by atoms with Crippen molar-refractivity contribution in [3.05, 3.63) is 29.3 Å². The minimum absolute atomic E-state index is 0.193. The summed E-state index contributed by atoms with van der Waals surface area (Å²) in [5, 5.41) is 9.08. The number of rotatable bonds is 4. The highest BCUT2D eigenvalue weighted by molar-refractivity contribution is 8.00. The van der Waals surface area contributed by atoms with Crippen LogP contribution in [0.1, 0.15) is 36.7 Å². The van der Waals surface area contributed by atoms with Crippen molar-refractivity contribution in [1.29, 1.82) is 0 Å². The SMILES string of the molecule is CC(C)C(C)Sc1ccc(C(F)(F)F)c(C(=O)O)c1. The summed E-state index contributed by atoms with van der Waals surface area (Å²) in [4.78, 5) is 11.5. The fourth-order valence-electron chi connectivity index (χ4n) is 1.37. The van der Waals surface area contributed by atoms with E-state index >= 15 is 0 Å². The monoisotopic (exact) mass is 292 g/mol. The molecule has 19 heavy (non-hydrogen) atoms. The van der Waals surface area contributed by atoms with Crippen molar-refractivity contribution < 1.29 is 23.1 Å². The van der Waals surface area contributed by atoms with E-state index in [0.717, 1.165) is 12.1 Å². The molecular weight excluding hydrogens is 277 g/mol. The van der Waals surface area contributed by atoms with Crippen LogP contribution in [0.2, 0.25) is 0 Å². The van der Waals surface area contributed by atoms with E-state index in [1.54, 1.807) is 0 Å². The maximum atomic E-state index is 12.7. The average Bonchev–Trinajstić information content (AvgIpc) is 2.27. The Morgan fingerprint density at radius 3 is 2.26 bits per heavy atom. The van der Waals surface area contributed by atoms with Gasteiger partial charge in [0, 0.05) is 10.1 Å². The van der Waals surface area contributed by atoms with Gasteiger partial charge in [0.25, 0.3) is 0 Å². The summed E-state index contributed by atoms with van der Waals surface area (Å²) in [5.74, 6) is -1.22. The number of carboxylic acids is 1. The summed E-state index contributed by atoms with van der Waals surface area (Å²) < 4.78 is 38.0. The number of aromatic carboxylic acids is 1. The van der Waals surface area contributed by atoms with Gasteiger partial charge in [0.15, 0.2) is 0 Å². The predicted octanol–water partition coefficient (Wildman–Crippen LogP) is 4.54. The smallest absolute Gasteiger partial charge is 0.417 e. The van der Waals surface area contributed by atoms with Gasteiger partial charge in [-0.2, -0.15) is 13.2 Å². The quantitative estimate of drug-likeness (QED) is 0.828. The maximum Gasteiger partial charge on any atom is 0.417 e. The second-order valence-electron chi connectivity index (χ2n) is 4.58. The van der Waals surface area contributed by atoms with Crippen LogP contribution < -0.4 is 0 Å². The van der Waals surface area contributed by atoms with E-state index in [9.17, 15) is 18.0 Å². The van der Waals surface area contributed by atoms with Crippen molar-refractivity contribution in [3.8, 4) is 0 Å². The van der Waals surface area contributed by atoms with Gasteiger partial charge < -0.3 is 5.11 Å². The largest absolute Gasteiger partial charge is 0.478 e. The first-order valence-electron chi connectivity index (χ1n) is 5.74. The molecule has 1 atom stereocenters. The van der Waals surface area contributed by atoms with Crippen LogP contribution in [0, 0.1) is 5.92 Å². The maximum absolute atomic E-state index is 12.7. The Kier molecular flexibility index (Phi) is 4.90. The topological polar surface area (TPSA) is 37.3 Å². The zero-order valence-electron chi connectivity index (χ0n) is 10.8. The first-order valence-corrected chi connectivity index (χ1v) is 6.62. The molecule has 106 valence electrons. The van der Waals surface area contributed by atoms with Crippen LogP contribution in [0.25, 0.3) is 0 Å². The lowest BCUT2D eigenvalue weighted by molar-refractivity contribution is -0.138. The van der Waals surface area contributed by atoms with Gasteiger partial charge in [0.2, 0.25) is 0 Å². The highest BCUT2D eigenvalue weighted by Crippen LogP contribution is 2.35. The van der Waals surface area contributed by atoms with Crippen molar-refractivity contribution >= 4 is 17.7 Å². The molecular formula is C13H15F3O2S. The molecule has 0 aliphatic rings. The molecule has 0 aliphatic heterocycles. The second-order valence-corrected chi connectivity index (χ2v) is 6.03. The Bertz CT molecular complexity index is 469. The van der Waals surface area contributed by atoms with Gasteiger partial charge in [-0.25, -0.2) is 4.79 Å². The van der Waals surface area contributed by atoms with Crippen molar-refractivity contribution in [2.45, 2.75) is 37.1 Å². The van der Waals surface area contributed by atoms with Crippen LogP contribution in [-0.2, 0) is 6.18 Å². The summed E-state index contributed by atoms with van der Waals surface area (Å²) in [7, 11) is 0. The molecule has 0 aliphatic carbocycles. The molecule has 1 N–H and O–H groups in total. The first kappa shape index (κ1) is 15.9. The van der Waals surface area contributed by atoms with Gasteiger partial charge >= 0.3 is 12.1 Å². The molecule has 2 nitrogen and oxygen atoms in total. The Balaban J connectivity index is 3.14. The molecule has 0 fully saturated rings. The normalized spacial score (nSPS) is 13.6. The molecule has 0 amide bonds. The van der Waals surface area contributed by atoms with Gasteiger partial charge in [-0.3, -0.25) is 0 Å². The highest BCUT2D eigenvalue weighted by Gasteiger charge is 2.35. The Labute approximate surface area is 114 Å². The molecule has 0 heterocycles. The molecule has 6 heteroatoms. The molecule has 1 aromatic rings. The van der Waals surface area contributed by atoms with E-state index in [4.69, 9.17) is 5.11 Å². The van der Waals surface area contributed by atoms with Crippen LogP contribution in [0.5, 0.6) is 0 Å². The number of alkyl halides is 3. The van der Waals surface area contributed by atoms with Gasteiger partial charge in [0.1, 0.15) is 0 Å². The third-order valence-electron chi connectivity index (χ3n) is 2.79. The number of hydrogen-bond donors (Lipinski definition) is 1. The number of carboxylic acid groups (broad SMARTS) is 1.